The van der Waals surface area contributed by atoms with E-state index in [1.165, 1.54) is 11.1 Å². The molecule has 100 valence electrons. The maximum Gasteiger partial charge on any atom is 0.130 e. The number of nitrogens with two attached hydrogens (primary N) is 1. The van der Waals surface area contributed by atoms with Crippen molar-refractivity contribution in [3.8, 4) is 0 Å². The van der Waals surface area contributed by atoms with Gasteiger partial charge >= 0.3 is 0 Å². The Kier molecular flexibility index (Phi) is 4.08. The van der Waals surface area contributed by atoms with Crippen LogP contribution in [0.5, 0.6) is 0 Å². The minimum Gasteiger partial charge on any atom is -0.340 e. The summed E-state index contributed by atoms with van der Waals surface area (Å²) in [5, 5.41) is 3.29. The van der Waals surface area contributed by atoms with E-state index >= 15 is 0 Å². The molecule has 0 aliphatic heterocycles. The molecule has 1 saturated carbocycles. The minimum atomic E-state index is 0. The molecule has 1 fully saturated rings. The van der Waals surface area contributed by atoms with Gasteiger partial charge in [-0.2, -0.15) is 0 Å². The lowest BCUT2D eigenvalue weighted by Gasteiger charge is -2.06. The zero-order valence-corrected chi connectivity index (χ0v) is 11.7. The van der Waals surface area contributed by atoms with E-state index in [-0.39, 0.29) is 12.4 Å². The molecule has 4 heteroatoms. The van der Waals surface area contributed by atoms with E-state index in [1.807, 2.05) is 12.3 Å². The predicted octanol–water partition coefficient (Wildman–Crippen LogP) is 3.37. The maximum atomic E-state index is 5.83. The summed E-state index contributed by atoms with van der Waals surface area (Å²) in [5.41, 5.74) is 9.39. The van der Waals surface area contributed by atoms with Gasteiger partial charge in [-0.05, 0) is 37.1 Å². The number of hydrogen-bond acceptors (Lipinski definition) is 3. The Labute approximate surface area is 119 Å². The first-order valence-electron chi connectivity index (χ1n) is 6.27. The third kappa shape index (κ3) is 3.25. The van der Waals surface area contributed by atoms with Gasteiger partial charge in [0.05, 0.1) is 0 Å². The second-order valence-electron chi connectivity index (χ2n) is 4.97. The first kappa shape index (κ1) is 13.8. The van der Waals surface area contributed by atoms with E-state index in [4.69, 9.17) is 5.73 Å². The molecule has 3 rings (SSSR count). The third-order valence-electron chi connectivity index (χ3n) is 3.38. The van der Waals surface area contributed by atoms with Crippen molar-refractivity contribution in [3.63, 3.8) is 0 Å². The summed E-state index contributed by atoms with van der Waals surface area (Å²) in [6.07, 6.45) is 3.01. The van der Waals surface area contributed by atoms with E-state index in [2.05, 4.69) is 47.6 Å². The van der Waals surface area contributed by atoms with Crippen LogP contribution in [0.3, 0.4) is 0 Å². The van der Waals surface area contributed by atoms with Crippen LogP contribution < -0.4 is 11.1 Å². The summed E-state index contributed by atoms with van der Waals surface area (Å²) >= 11 is 0. The van der Waals surface area contributed by atoms with Crippen molar-refractivity contribution >= 4 is 23.9 Å². The normalized spacial score (nSPS) is 20.5. The van der Waals surface area contributed by atoms with Gasteiger partial charge in [-0.3, -0.25) is 0 Å². The van der Waals surface area contributed by atoms with Crippen LogP contribution in [0.4, 0.5) is 11.5 Å². The Bertz CT molecular complexity index is 536. The number of halogens is 1. The molecule has 0 bridgehead atoms. The Balaban J connectivity index is 0.00000133. The second kappa shape index (κ2) is 5.59. The first-order chi connectivity index (χ1) is 8.72. The van der Waals surface area contributed by atoms with Gasteiger partial charge in [0, 0.05) is 23.8 Å². The number of benzene rings is 1. The van der Waals surface area contributed by atoms with Gasteiger partial charge in [0.1, 0.15) is 5.82 Å². The smallest absolute Gasteiger partial charge is 0.130 e. The fraction of sp³-hybridized carbons (Fsp3) is 0.267. The van der Waals surface area contributed by atoms with Crippen molar-refractivity contribution in [1.29, 1.82) is 0 Å². The zero-order chi connectivity index (χ0) is 12.5. The highest BCUT2D eigenvalue weighted by atomic mass is 35.5. The molecule has 0 spiro atoms. The van der Waals surface area contributed by atoms with Crippen molar-refractivity contribution in [1.82, 2.24) is 4.98 Å². The molecule has 2 aromatic rings. The van der Waals surface area contributed by atoms with Crippen molar-refractivity contribution in [2.24, 2.45) is 5.73 Å². The van der Waals surface area contributed by atoms with E-state index < -0.39 is 0 Å². The van der Waals surface area contributed by atoms with Crippen molar-refractivity contribution < 1.29 is 0 Å². The number of hydrogen-bond donors (Lipinski definition) is 2. The molecule has 0 amide bonds. The van der Waals surface area contributed by atoms with Gasteiger partial charge in [0.2, 0.25) is 0 Å². The fourth-order valence-electron chi connectivity index (χ4n) is 2.08. The molecule has 1 aromatic carbocycles. The lowest BCUT2D eigenvalue weighted by Crippen LogP contribution is -2.01. The molecule has 1 aliphatic rings. The van der Waals surface area contributed by atoms with Crippen molar-refractivity contribution in [2.75, 3.05) is 5.32 Å². The topological polar surface area (TPSA) is 50.9 Å². The largest absolute Gasteiger partial charge is 0.340 e. The Morgan fingerprint density at radius 3 is 2.37 bits per heavy atom. The molecule has 0 unspecified atom stereocenters. The monoisotopic (exact) mass is 275 g/mol. The highest BCUT2D eigenvalue weighted by Crippen LogP contribution is 2.38. The number of aromatic nitrogens is 1. The lowest BCUT2D eigenvalue weighted by atomic mass is 10.2. The molecule has 1 heterocycles. The second-order valence-corrected chi connectivity index (χ2v) is 4.97. The first-order valence-corrected chi connectivity index (χ1v) is 6.27. The van der Waals surface area contributed by atoms with E-state index in [9.17, 15) is 0 Å². The van der Waals surface area contributed by atoms with Gasteiger partial charge in [0.25, 0.3) is 0 Å². The summed E-state index contributed by atoms with van der Waals surface area (Å²) in [6, 6.07) is 12.7. The van der Waals surface area contributed by atoms with Crippen LogP contribution in [-0.2, 0) is 0 Å². The zero-order valence-electron chi connectivity index (χ0n) is 10.8. The number of aryl methyl sites for hydroxylation is 1. The summed E-state index contributed by atoms with van der Waals surface area (Å²) in [5.74, 6) is 1.39. The van der Waals surface area contributed by atoms with Crippen LogP contribution in [0.1, 0.15) is 23.5 Å². The Morgan fingerprint density at radius 1 is 1.16 bits per heavy atom. The highest BCUT2D eigenvalue weighted by molar-refractivity contribution is 5.85. The van der Waals surface area contributed by atoms with E-state index in [0.29, 0.717) is 12.0 Å². The number of rotatable bonds is 3. The van der Waals surface area contributed by atoms with E-state index in [0.717, 1.165) is 17.9 Å². The number of nitrogens with one attached hydrogen (secondary N) is 1. The molecule has 0 radical (unpaired) electrons. The average molecular weight is 276 g/mol. The van der Waals surface area contributed by atoms with Crippen molar-refractivity contribution in [2.45, 2.75) is 25.3 Å². The van der Waals surface area contributed by atoms with Crippen LogP contribution in [0.15, 0.2) is 42.6 Å². The van der Waals surface area contributed by atoms with Gasteiger partial charge < -0.3 is 11.1 Å². The fourth-order valence-corrected chi connectivity index (χ4v) is 2.08. The lowest BCUT2D eigenvalue weighted by molar-refractivity contribution is 0.981. The number of anilines is 2. The van der Waals surface area contributed by atoms with Crippen LogP contribution in [0, 0.1) is 6.92 Å². The predicted molar refractivity (Wildman–Crippen MR) is 81.3 cm³/mol. The SMILES string of the molecule is Cc1ccc(Nc2ccc([C@H]3C[C@@H]3N)cn2)cc1.Cl. The molecule has 1 aliphatic carbocycles. The molecule has 3 nitrogen and oxygen atoms in total. The summed E-state index contributed by atoms with van der Waals surface area (Å²) in [6.45, 7) is 2.08. The van der Waals surface area contributed by atoms with Crippen LogP contribution in [0.2, 0.25) is 0 Å². The molecule has 2 atom stereocenters. The summed E-state index contributed by atoms with van der Waals surface area (Å²) < 4.78 is 0. The number of nitrogens with zero attached hydrogens (tertiary/aromatic N) is 1. The van der Waals surface area contributed by atoms with E-state index in [1.54, 1.807) is 0 Å². The molecular formula is C15H18ClN3. The molecule has 19 heavy (non-hydrogen) atoms. The van der Waals surface area contributed by atoms with Gasteiger partial charge in [0.15, 0.2) is 0 Å². The maximum absolute atomic E-state index is 5.83. The Morgan fingerprint density at radius 2 is 1.84 bits per heavy atom. The van der Waals surface area contributed by atoms with Crippen molar-refractivity contribution in [3.05, 3.63) is 53.7 Å². The number of pyridine rings is 1. The molecule has 3 N–H and O–H groups in total. The minimum absolute atomic E-state index is 0. The van der Waals surface area contributed by atoms with Gasteiger partial charge in [-0.1, -0.05) is 23.8 Å². The molecular weight excluding hydrogens is 258 g/mol. The third-order valence-corrected chi connectivity index (χ3v) is 3.38. The summed E-state index contributed by atoms with van der Waals surface area (Å²) in [4.78, 5) is 4.43. The standard InChI is InChI=1S/C15H17N3.ClH/c1-10-2-5-12(6-3-10)18-15-7-4-11(9-17-15)13-8-14(13)16;/h2-7,9,13-14H,8,16H2,1H3,(H,17,18);1H/t13-,14+;/m1./s1. The van der Waals surface area contributed by atoms with Crippen LogP contribution in [0.25, 0.3) is 0 Å². The molecule has 1 aromatic heterocycles. The van der Waals surface area contributed by atoms with Crippen LogP contribution in [-0.4, -0.2) is 11.0 Å². The highest BCUT2D eigenvalue weighted by Gasteiger charge is 2.34. The molecule has 0 saturated heterocycles. The van der Waals surface area contributed by atoms with Crippen LogP contribution >= 0.6 is 12.4 Å². The van der Waals surface area contributed by atoms with Gasteiger partial charge in [-0.15, -0.1) is 12.4 Å². The summed E-state index contributed by atoms with van der Waals surface area (Å²) in [7, 11) is 0. The Hall–Kier alpha value is -1.58. The average Bonchev–Trinajstić information content (AvgIpc) is 3.10. The van der Waals surface area contributed by atoms with Gasteiger partial charge in [-0.25, -0.2) is 4.98 Å². The quantitative estimate of drug-likeness (QED) is 0.903.